The van der Waals surface area contributed by atoms with Crippen LogP contribution in [0.4, 0.5) is 5.69 Å². The highest BCUT2D eigenvalue weighted by molar-refractivity contribution is 6.30. The van der Waals surface area contributed by atoms with Crippen molar-refractivity contribution in [3.8, 4) is 0 Å². The molecule has 1 N–H and O–H groups in total. The average Bonchev–Trinajstić information content (AvgIpc) is 3.10. The summed E-state index contributed by atoms with van der Waals surface area (Å²) in [4.78, 5) is 40.6. The van der Waals surface area contributed by atoms with E-state index in [0.29, 0.717) is 17.3 Å². The van der Waals surface area contributed by atoms with Crippen molar-refractivity contribution in [2.24, 2.45) is 5.92 Å². The topological polar surface area (TPSA) is 69.7 Å². The van der Waals surface area contributed by atoms with Crippen molar-refractivity contribution in [3.63, 3.8) is 0 Å². The molecular formula is C22H24ClN3O3. The number of nitrogens with zero attached hydrogens (tertiary/aromatic N) is 2. The number of hydrogen-bond acceptors (Lipinski definition) is 3. The van der Waals surface area contributed by atoms with Crippen LogP contribution in [0.2, 0.25) is 5.02 Å². The van der Waals surface area contributed by atoms with Gasteiger partial charge in [0, 0.05) is 30.7 Å². The Morgan fingerprint density at radius 1 is 1.17 bits per heavy atom. The molecule has 2 aromatic carbocycles. The van der Waals surface area contributed by atoms with Crippen molar-refractivity contribution in [3.05, 3.63) is 65.2 Å². The smallest absolute Gasteiger partial charge is 0.243 e. The quantitative estimate of drug-likeness (QED) is 0.789. The monoisotopic (exact) mass is 413 g/mol. The van der Waals surface area contributed by atoms with Gasteiger partial charge in [-0.2, -0.15) is 0 Å². The first-order valence-electron chi connectivity index (χ1n) is 9.50. The van der Waals surface area contributed by atoms with E-state index in [1.54, 1.807) is 36.2 Å². The van der Waals surface area contributed by atoms with E-state index in [0.717, 1.165) is 5.56 Å². The van der Waals surface area contributed by atoms with Gasteiger partial charge in [-0.25, -0.2) is 0 Å². The highest BCUT2D eigenvalue weighted by atomic mass is 35.5. The maximum atomic E-state index is 12.8. The molecule has 152 valence electrons. The molecule has 0 radical (unpaired) electrons. The lowest BCUT2D eigenvalue weighted by Gasteiger charge is -2.26. The largest absolute Gasteiger partial charge is 0.336 e. The Hall–Kier alpha value is -2.86. The van der Waals surface area contributed by atoms with Crippen molar-refractivity contribution in [1.82, 2.24) is 9.80 Å². The van der Waals surface area contributed by atoms with Gasteiger partial charge in [0.2, 0.25) is 17.7 Å². The molecular weight excluding hydrogens is 390 g/mol. The summed E-state index contributed by atoms with van der Waals surface area (Å²) in [5.41, 5.74) is 1.64. The summed E-state index contributed by atoms with van der Waals surface area (Å²) in [6.45, 7) is 2.24. The van der Waals surface area contributed by atoms with Crippen LogP contribution in [0.15, 0.2) is 54.6 Å². The molecule has 0 aliphatic carbocycles. The van der Waals surface area contributed by atoms with Crippen LogP contribution < -0.4 is 5.32 Å². The zero-order valence-electron chi connectivity index (χ0n) is 16.5. The van der Waals surface area contributed by atoms with Crippen molar-refractivity contribution in [2.45, 2.75) is 19.4 Å². The first-order chi connectivity index (χ1) is 13.8. The number of hydrogen-bond donors (Lipinski definition) is 1. The third-order valence-corrected chi connectivity index (χ3v) is 5.39. The van der Waals surface area contributed by atoms with E-state index in [4.69, 9.17) is 11.6 Å². The molecule has 6 nitrogen and oxygen atoms in total. The molecule has 1 saturated heterocycles. The van der Waals surface area contributed by atoms with Crippen LogP contribution in [0.1, 0.15) is 24.9 Å². The zero-order chi connectivity index (χ0) is 21.0. The van der Waals surface area contributed by atoms with Gasteiger partial charge >= 0.3 is 0 Å². The molecule has 0 aromatic heterocycles. The van der Waals surface area contributed by atoms with E-state index in [1.807, 2.05) is 37.3 Å². The van der Waals surface area contributed by atoms with Gasteiger partial charge in [0.05, 0.1) is 18.5 Å². The summed E-state index contributed by atoms with van der Waals surface area (Å²) in [7, 11) is 1.58. The highest BCUT2D eigenvalue weighted by Gasteiger charge is 2.38. The number of carbonyl (C=O) groups excluding carboxylic acids is 3. The Morgan fingerprint density at radius 3 is 2.48 bits per heavy atom. The number of likely N-dealkylation sites (tertiary alicyclic amines) is 1. The molecule has 0 bridgehead atoms. The minimum Gasteiger partial charge on any atom is -0.336 e. The number of likely N-dealkylation sites (N-methyl/N-ethyl adjacent to an activating group) is 1. The van der Waals surface area contributed by atoms with E-state index in [9.17, 15) is 14.4 Å². The lowest BCUT2D eigenvalue weighted by molar-refractivity contribution is -0.137. The third-order valence-electron chi connectivity index (χ3n) is 5.14. The van der Waals surface area contributed by atoms with Crippen LogP contribution in [-0.2, 0) is 14.4 Å². The molecule has 1 heterocycles. The molecule has 7 heteroatoms. The highest BCUT2D eigenvalue weighted by Crippen LogP contribution is 2.29. The van der Waals surface area contributed by atoms with Gasteiger partial charge in [-0.15, -0.1) is 0 Å². The Kier molecular flexibility index (Phi) is 6.54. The normalized spacial score (nSPS) is 17.1. The SMILES string of the molecule is C[C@@H](c1ccccc1)N1C[C@H](C(=O)N(C)CC(=O)Nc2ccc(Cl)cc2)CC1=O. The molecule has 3 amide bonds. The fraction of sp³-hybridized carbons (Fsp3) is 0.318. The van der Waals surface area contributed by atoms with E-state index in [2.05, 4.69) is 5.32 Å². The minimum atomic E-state index is -0.443. The number of rotatable bonds is 6. The Morgan fingerprint density at radius 2 is 1.83 bits per heavy atom. The third kappa shape index (κ3) is 5.15. The van der Waals surface area contributed by atoms with E-state index in [1.165, 1.54) is 4.90 Å². The van der Waals surface area contributed by atoms with E-state index in [-0.39, 0.29) is 36.7 Å². The van der Waals surface area contributed by atoms with Gasteiger partial charge in [0.1, 0.15) is 0 Å². The molecule has 0 saturated carbocycles. The van der Waals surface area contributed by atoms with Crippen LogP contribution in [0.5, 0.6) is 0 Å². The van der Waals surface area contributed by atoms with E-state index >= 15 is 0 Å². The Balaban J connectivity index is 1.56. The summed E-state index contributed by atoms with van der Waals surface area (Å²) < 4.78 is 0. The number of halogens is 1. The van der Waals surface area contributed by atoms with Gasteiger partial charge < -0.3 is 15.1 Å². The second-order valence-corrected chi connectivity index (χ2v) is 7.72. The predicted octanol–water partition coefficient (Wildman–Crippen LogP) is 3.35. The van der Waals surface area contributed by atoms with Crippen LogP contribution in [0, 0.1) is 5.92 Å². The minimum absolute atomic E-state index is 0.0429. The number of amides is 3. The van der Waals surface area contributed by atoms with Crippen LogP contribution in [-0.4, -0.2) is 47.7 Å². The fourth-order valence-corrected chi connectivity index (χ4v) is 3.65. The second kappa shape index (κ2) is 9.09. The van der Waals surface area contributed by atoms with Crippen molar-refractivity contribution in [2.75, 3.05) is 25.5 Å². The second-order valence-electron chi connectivity index (χ2n) is 7.28. The fourth-order valence-electron chi connectivity index (χ4n) is 3.52. The molecule has 0 unspecified atom stereocenters. The van der Waals surface area contributed by atoms with Crippen molar-refractivity contribution >= 4 is 35.0 Å². The van der Waals surface area contributed by atoms with Crippen molar-refractivity contribution < 1.29 is 14.4 Å². The van der Waals surface area contributed by atoms with Crippen LogP contribution in [0.3, 0.4) is 0 Å². The molecule has 0 spiro atoms. The molecule has 2 aromatic rings. The molecule has 2 atom stereocenters. The Labute approximate surface area is 175 Å². The maximum absolute atomic E-state index is 12.8. The molecule has 1 fully saturated rings. The molecule has 3 rings (SSSR count). The van der Waals surface area contributed by atoms with Gasteiger partial charge in [-0.3, -0.25) is 14.4 Å². The predicted molar refractivity (Wildman–Crippen MR) is 112 cm³/mol. The van der Waals surface area contributed by atoms with Gasteiger partial charge in [-0.05, 0) is 36.8 Å². The summed E-state index contributed by atoms with van der Waals surface area (Å²) >= 11 is 5.83. The van der Waals surface area contributed by atoms with Gasteiger partial charge in [0.25, 0.3) is 0 Å². The summed E-state index contributed by atoms with van der Waals surface area (Å²) in [5, 5.41) is 3.31. The zero-order valence-corrected chi connectivity index (χ0v) is 17.2. The van der Waals surface area contributed by atoms with Crippen LogP contribution >= 0.6 is 11.6 Å². The lowest BCUT2D eigenvalue weighted by atomic mass is 10.1. The number of anilines is 1. The van der Waals surface area contributed by atoms with Gasteiger partial charge in [-0.1, -0.05) is 41.9 Å². The van der Waals surface area contributed by atoms with E-state index < -0.39 is 5.92 Å². The van der Waals surface area contributed by atoms with Crippen molar-refractivity contribution in [1.29, 1.82) is 0 Å². The molecule has 29 heavy (non-hydrogen) atoms. The number of carbonyl (C=O) groups is 3. The molecule has 1 aliphatic heterocycles. The summed E-state index contributed by atoms with van der Waals surface area (Å²) in [6, 6.07) is 16.4. The first-order valence-corrected chi connectivity index (χ1v) is 9.87. The first kappa shape index (κ1) is 20.9. The number of benzene rings is 2. The Bertz CT molecular complexity index is 886. The van der Waals surface area contributed by atoms with Crippen LogP contribution in [0.25, 0.3) is 0 Å². The summed E-state index contributed by atoms with van der Waals surface area (Å²) in [5.74, 6) is -0.991. The maximum Gasteiger partial charge on any atom is 0.243 e. The lowest BCUT2D eigenvalue weighted by Crippen LogP contribution is -2.39. The standard InChI is InChI=1S/C22H24ClN3O3/c1-15(16-6-4-3-5-7-16)26-13-17(12-21(26)28)22(29)25(2)14-20(27)24-19-10-8-18(23)9-11-19/h3-11,15,17H,12-14H2,1-2H3,(H,24,27)/t15-,17+/m0/s1. The number of nitrogens with one attached hydrogen (secondary N) is 1. The average molecular weight is 414 g/mol. The van der Waals surface area contributed by atoms with Gasteiger partial charge in [0.15, 0.2) is 0 Å². The summed E-state index contributed by atoms with van der Waals surface area (Å²) in [6.07, 6.45) is 0.166. The molecule has 1 aliphatic rings.